The number of hydrogen-bond donors (Lipinski definition) is 3. The van der Waals surface area contributed by atoms with Gasteiger partial charge in [0.2, 0.25) is 0 Å². The summed E-state index contributed by atoms with van der Waals surface area (Å²) in [5.41, 5.74) is 5.31. The highest BCUT2D eigenvalue weighted by molar-refractivity contribution is 5.95. The van der Waals surface area contributed by atoms with E-state index in [0.717, 1.165) is 6.07 Å². The van der Waals surface area contributed by atoms with Gasteiger partial charge in [0.05, 0.1) is 12.7 Å². The van der Waals surface area contributed by atoms with Gasteiger partial charge in [0.1, 0.15) is 17.4 Å². The molecule has 0 spiro atoms. The van der Waals surface area contributed by atoms with Crippen LogP contribution in [0.15, 0.2) is 23.4 Å². The second-order valence-corrected chi connectivity index (χ2v) is 4.22. The van der Waals surface area contributed by atoms with Crippen molar-refractivity contribution in [2.45, 2.75) is 25.8 Å². The Morgan fingerprint density at radius 2 is 2.30 bits per heavy atom. The van der Waals surface area contributed by atoms with E-state index in [1.807, 2.05) is 6.92 Å². The van der Waals surface area contributed by atoms with Crippen LogP contribution in [0.2, 0.25) is 0 Å². The van der Waals surface area contributed by atoms with Gasteiger partial charge >= 0.3 is 0 Å². The summed E-state index contributed by atoms with van der Waals surface area (Å²) in [5.74, 6) is -0.877. The van der Waals surface area contributed by atoms with E-state index < -0.39 is 11.7 Å². The maximum absolute atomic E-state index is 13.7. The van der Waals surface area contributed by atoms with E-state index >= 15 is 0 Å². The number of carbonyl (C=O) groups excluding carboxylic acids is 1. The number of ether oxygens (including phenoxy) is 1. The third kappa shape index (κ3) is 4.11. The smallest absolute Gasteiger partial charge is 0.254 e. The molecule has 0 saturated carbocycles. The Bertz CT molecular complexity index is 506. The van der Waals surface area contributed by atoms with Crippen LogP contribution in [0.3, 0.4) is 0 Å². The van der Waals surface area contributed by atoms with Crippen molar-refractivity contribution in [3.05, 3.63) is 29.6 Å². The molecule has 20 heavy (non-hydrogen) atoms. The van der Waals surface area contributed by atoms with Crippen molar-refractivity contribution in [2.75, 3.05) is 7.11 Å². The lowest BCUT2D eigenvalue weighted by molar-refractivity contribution is 0.0932. The molecule has 6 nitrogen and oxygen atoms in total. The Hall–Kier alpha value is -2.31. The molecule has 0 aliphatic heterocycles. The molecule has 1 aromatic carbocycles. The van der Waals surface area contributed by atoms with Crippen molar-refractivity contribution in [3.8, 4) is 5.75 Å². The molecule has 7 heteroatoms. The predicted octanol–water partition coefficient (Wildman–Crippen LogP) is 1.48. The van der Waals surface area contributed by atoms with Gasteiger partial charge in [0.25, 0.3) is 5.91 Å². The van der Waals surface area contributed by atoms with Gasteiger partial charge < -0.3 is 21.0 Å². The minimum absolute atomic E-state index is 0.00681. The maximum atomic E-state index is 13.7. The first-order valence-electron chi connectivity index (χ1n) is 6.12. The van der Waals surface area contributed by atoms with Crippen molar-refractivity contribution in [3.63, 3.8) is 0 Å². The lowest BCUT2D eigenvalue weighted by Gasteiger charge is -2.16. The number of hydrogen-bond acceptors (Lipinski definition) is 4. The van der Waals surface area contributed by atoms with Crippen LogP contribution >= 0.6 is 0 Å². The fourth-order valence-electron chi connectivity index (χ4n) is 1.66. The zero-order valence-electron chi connectivity index (χ0n) is 11.4. The zero-order chi connectivity index (χ0) is 15.1. The van der Waals surface area contributed by atoms with Gasteiger partial charge in [-0.15, -0.1) is 0 Å². The largest absolute Gasteiger partial charge is 0.497 e. The molecule has 1 atom stereocenters. The van der Waals surface area contributed by atoms with Crippen molar-refractivity contribution in [1.82, 2.24) is 5.32 Å². The number of halogens is 1. The molecule has 1 aromatic rings. The van der Waals surface area contributed by atoms with Gasteiger partial charge in [0, 0.05) is 18.5 Å². The molecular formula is C13H18FN3O3. The quantitative estimate of drug-likeness (QED) is 0.319. The normalized spacial score (nSPS) is 12.8. The van der Waals surface area contributed by atoms with Gasteiger partial charge in [0.15, 0.2) is 0 Å². The van der Waals surface area contributed by atoms with Crippen LogP contribution in [-0.2, 0) is 0 Å². The van der Waals surface area contributed by atoms with E-state index in [-0.39, 0.29) is 23.9 Å². The van der Waals surface area contributed by atoms with E-state index in [4.69, 9.17) is 15.7 Å². The molecule has 4 N–H and O–H groups in total. The fraction of sp³-hybridized carbons (Fsp3) is 0.385. The van der Waals surface area contributed by atoms with Crippen LogP contribution in [0.4, 0.5) is 4.39 Å². The summed E-state index contributed by atoms with van der Waals surface area (Å²) in [6, 6.07) is 3.65. The first-order valence-corrected chi connectivity index (χ1v) is 6.12. The number of nitrogens with zero attached hydrogens (tertiary/aromatic N) is 1. The minimum atomic E-state index is -0.666. The molecule has 1 rings (SSSR count). The number of rotatable bonds is 6. The number of methoxy groups -OCH3 is 1. The standard InChI is InChI=1S/C13H18FN3O3/c1-3-8(6-12(15)17-19)16-13(18)10-5-4-9(20-2)7-11(10)14/h4-5,7-8,19H,3,6H2,1-2H3,(H2,15,17)(H,16,18). The number of nitrogens with two attached hydrogens (primary N) is 1. The lowest BCUT2D eigenvalue weighted by Crippen LogP contribution is -2.37. The van der Waals surface area contributed by atoms with Gasteiger partial charge in [-0.1, -0.05) is 12.1 Å². The summed E-state index contributed by atoms with van der Waals surface area (Å²) in [6.45, 7) is 1.83. The first-order chi connectivity index (χ1) is 9.51. The number of benzene rings is 1. The van der Waals surface area contributed by atoms with E-state index in [9.17, 15) is 9.18 Å². The summed E-state index contributed by atoms with van der Waals surface area (Å²) >= 11 is 0. The number of nitrogens with one attached hydrogen (secondary N) is 1. The summed E-state index contributed by atoms with van der Waals surface area (Å²) in [5, 5.41) is 14.0. The highest BCUT2D eigenvalue weighted by Gasteiger charge is 2.17. The average Bonchev–Trinajstić information content (AvgIpc) is 2.45. The minimum Gasteiger partial charge on any atom is -0.497 e. The molecular weight excluding hydrogens is 265 g/mol. The molecule has 0 saturated heterocycles. The van der Waals surface area contributed by atoms with Gasteiger partial charge in [-0.2, -0.15) is 0 Å². The molecule has 1 unspecified atom stereocenters. The Morgan fingerprint density at radius 3 is 2.80 bits per heavy atom. The summed E-state index contributed by atoms with van der Waals surface area (Å²) in [7, 11) is 1.42. The highest BCUT2D eigenvalue weighted by atomic mass is 19.1. The molecule has 0 radical (unpaired) electrons. The third-order valence-corrected chi connectivity index (χ3v) is 2.83. The predicted molar refractivity (Wildman–Crippen MR) is 72.5 cm³/mol. The lowest BCUT2D eigenvalue weighted by atomic mass is 10.1. The van der Waals surface area contributed by atoms with Crippen molar-refractivity contribution < 1.29 is 19.1 Å². The molecule has 0 bridgehead atoms. The Kier molecular flexibility index (Phi) is 5.76. The topological polar surface area (TPSA) is 96.9 Å². The summed E-state index contributed by atoms with van der Waals surface area (Å²) in [4.78, 5) is 12.0. The van der Waals surface area contributed by atoms with E-state index in [0.29, 0.717) is 12.2 Å². The van der Waals surface area contributed by atoms with Crippen molar-refractivity contribution in [2.24, 2.45) is 10.9 Å². The van der Waals surface area contributed by atoms with Crippen molar-refractivity contribution >= 4 is 11.7 Å². The molecule has 0 aliphatic rings. The third-order valence-electron chi connectivity index (χ3n) is 2.83. The van der Waals surface area contributed by atoms with Crippen LogP contribution in [0, 0.1) is 5.82 Å². The van der Waals surface area contributed by atoms with Crippen LogP contribution < -0.4 is 15.8 Å². The summed E-state index contributed by atoms with van der Waals surface area (Å²) in [6.07, 6.45) is 0.760. The average molecular weight is 283 g/mol. The van der Waals surface area contributed by atoms with Crippen LogP contribution in [0.5, 0.6) is 5.75 Å². The molecule has 0 fully saturated rings. The van der Waals surface area contributed by atoms with Crippen molar-refractivity contribution in [1.29, 1.82) is 0 Å². The fourth-order valence-corrected chi connectivity index (χ4v) is 1.66. The Morgan fingerprint density at radius 1 is 1.60 bits per heavy atom. The number of amidine groups is 1. The van der Waals surface area contributed by atoms with E-state index in [2.05, 4.69) is 10.5 Å². The Balaban J connectivity index is 2.79. The molecule has 0 aromatic heterocycles. The number of oxime groups is 1. The SMILES string of the molecule is CCC(C/C(N)=N/O)NC(=O)c1ccc(OC)cc1F. The van der Waals surface area contributed by atoms with E-state index in [1.165, 1.54) is 19.2 Å². The molecule has 0 heterocycles. The van der Waals surface area contributed by atoms with Crippen LogP contribution in [-0.4, -0.2) is 30.1 Å². The first kappa shape index (κ1) is 15.7. The van der Waals surface area contributed by atoms with Gasteiger partial charge in [-0.05, 0) is 18.6 Å². The number of carbonyl (C=O) groups is 1. The van der Waals surface area contributed by atoms with Gasteiger partial charge in [-0.3, -0.25) is 4.79 Å². The number of amides is 1. The zero-order valence-corrected chi connectivity index (χ0v) is 11.4. The van der Waals surface area contributed by atoms with E-state index in [1.54, 1.807) is 0 Å². The maximum Gasteiger partial charge on any atom is 0.254 e. The highest BCUT2D eigenvalue weighted by Crippen LogP contribution is 2.16. The van der Waals surface area contributed by atoms with Crippen LogP contribution in [0.25, 0.3) is 0 Å². The molecule has 0 aliphatic carbocycles. The van der Waals surface area contributed by atoms with Gasteiger partial charge in [-0.25, -0.2) is 4.39 Å². The molecule has 110 valence electrons. The summed E-state index contributed by atoms with van der Waals surface area (Å²) < 4.78 is 18.6. The monoisotopic (exact) mass is 283 g/mol. The second-order valence-electron chi connectivity index (χ2n) is 4.22. The van der Waals surface area contributed by atoms with Crippen LogP contribution in [0.1, 0.15) is 30.1 Å². The Labute approximate surface area is 116 Å². The molecule has 1 amide bonds. The second kappa shape index (κ2) is 7.32.